The number of benzene rings is 3. The summed E-state index contributed by atoms with van der Waals surface area (Å²) in [5, 5.41) is 5.22. The molecule has 5 rings (SSSR count). The number of amides is 2. The Bertz CT molecular complexity index is 1660. The number of anilines is 2. The summed E-state index contributed by atoms with van der Waals surface area (Å²) in [6, 6.07) is 11.1. The van der Waals surface area contributed by atoms with Gasteiger partial charge in [-0.2, -0.15) is 13.2 Å². The van der Waals surface area contributed by atoms with E-state index < -0.39 is 23.6 Å². The molecule has 1 saturated heterocycles. The van der Waals surface area contributed by atoms with Gasteiger partial charge in [0.15, 0.2) is 11.5 Å². The summed E-state index contributed by atoms with van der Waals surface area (Å²) in [6.45, 7) is 1.45. The molecule has 0 bridgehead atoms. The van der Waals surface area contributed by atoms with Gasteiger partial charge in [-0.25, -0.2) is 9.18 Å². The molecule has 1 fully saturated rings. The first-order valence-electron chi connectivity index (χ1n) is 13.7. The first-order chi connectivity index (χ1) is 21.0. The van der Waals surface area contributed by atoms with E-state index in [2.05, 4.69) is 20.5 Å². The van der Waals surface area contributed by atoms with Crippen LogP contribution in [0.1, 0.15) is 18.4 Å². The first kappa shape index (κ1) is 30.7. The number of hydrogen-bond acceptors (Lipinski definition) is 7. The minimum atomic E-state index is -4.71. The maximum absolute atomic E-state index is 15.0. The summed E-state index contributed by atoms with van der Waals surface area (Å²) >= 11 is 0. The minimum absolute atomic E-state index is 0.130. The monoisotopic (exact) mass is 614 g/mol. The van der Waals surface area contributed by atoms with Crippen LogP contribution in [0.3, 0.4) is 0 Å². The quantitative estimate of drug-likeness (QED) is 0.201. The Kier molecular flexibility index (Phi) is 8.95. The molecule has 1 aromatic heterocycles. The van der Waals surface area contributed by atoms with E-state index in [0.717, 1.165) is 25.2 Å². The molecule has 1 aliphatic rings. The van der Waals surface area contributed by atoms with Crippen LogP contribution in [0.4, 0.5) is 33.7 Å². The first-order valence-corrected chi connectivity index (χ1v) is 13.7. The summed E-state index contributed by atoms with van der Waals surface area (Å²) in [7, 11) is 4.94. The molecule has 4 aromatic rings. The number of alkyl halides is 3. The average molecular weight is 615 g/mol. The van der Waals surface area contributed by atoms with Gasteiger partial charge in [-0.1, -0.05) is 0 Å². The summed E-state index contributed by atoms with van der Waals surface area (Å²) in [4.78, 5) is 19.0. The fourth-order valence-electron chi connectivity index (χ4n) is 4.82. The summed E-state index contributed by atoms with van der Waals surface area (Å²) in [5.41, 5.74) is -0.797. The third-order valence-corrected chi connectivity index (χ3v) is 7.13. The van der Waals surface area contributed by atoms with Gasteiger partial charge in [0.25, 0.3) is 0 Å². The number of rotatable bonds is 8. The normalized spacial score (nSPS) is 14.2. The maximum atomic E-state index is 15.0. The lowest BCUT2D eigenvalue weighted by Gasteiger charge is -2.30. The van der Waals surface area contributed by atoms with Crippen molar-refractivity contribution in [2.24, 2.45) is 0 Å². The van der Waals surface area contributed by atoms with Crippen molar-refractivity contribution in [2.45, 2.75) is 25.1 Å². The number of aromatic nitrogens is 1. The predicted molar refractivity (Wildman–Crippen MR) is 157 cm³/mol. The molecule has 44 heavy (non-hydrogen) atoms. The van der Waals surface area contributed by atoms with Crippen LogP contribution in [-0.2, 0) is 6.18 Å². The third-order valence-electron chi connectivity index (χ3n) is 7.13. The van der Waals surface area contributed by atoms with Crippen molar-refractivity contribution < 1.29 is 41.3 Å². The van der Waals surface area contributed by atoms with Gasteiger partial charge < -0.3 is 34.5 Å². The van der Waals surface area contributed by atoms with Crippen molar-refractivity contribution in [2.75, 3.05) is 45.0 Å². The molecule has 13 heteroatoms. The maximum Gasteiger partial charge on any atom is 0.420 e. The highest BCUT2D eigenvalue weighted by Gasteiger charge is 2.36. The Labute approximate surface area is 250 Å². The third kappa shape index (κ3) is 7.05. The smallest absolute Gasteiger partial charge is 0.420 e. The molecule has 232 valence electrons. The zero-order chi connectivity index (χ0) is 31.4. The molecule has 0 saturated carbocycles. The van der Waals surface area contributed by atoms with Gasteiger partial charge in [-0.3, -0.25) is 4.98 Å². The Balaban J connectivity index is 1.27. The van der Waals surface area contributed by atoms with Gasteiger partial charge in [0.05, 0.1) is 31.0 Å². The molecule has 9 nitrogen and oxygen atoms in total. The second-order valence-corrected chi connectivity index (χ2v) is 10.2. The zero-order valence-electron chi connectivity index (χ0n) is 24.1. The van der Waals surface area contributed by atoms with E-state index in [1.807, 2.05) is 7.05 Å². The lowest BCUT2D eigenvalue weighted by Crippen LogP contribution is -2.36. The molecule has 2 amide bonds. The van der Waals surface area contributed by atoms with E-state index in [4.69, 9.17) is 18.9 Å². The molecule has 0 unspecified atom stereocenters. The van der Waals surface area contributed by atoms with Gasteiger partial charge in [0, 0.05) is 42.5 Å². The average Bonchev–Trinajstić information content (AvgIpc) is 2.99. The summed E-state index contributed by atoms with van der Waals surface area (Å²) < 4.78 is 78.7. The molecule has 1 aliphatic heterocycles. The number of ether oxygens (including phenoxy) is 4. The van der Waals surface area contributed by atoms with Gasteiger partial charge in [-0.05, 0) is 62.4 Å². The lowest BCUT2D eigenvalue weighted by molar-refractivity contribution is -0.139. The number of carbonyl (C=O) groups excluding carboxylic acids is 1. The zero-order valence-corrected chi connectivity index (χ0v) is 24.1. The Morgan fingerprint density at radius 2 is 1.64 bits per heavy atom. The summed E-state index contributed by atoms with van der Waals surface area (Å²) in [6.07, 6.45) is -2.32. The van der Waals surface area contributed by atoms with E-state index in [-0.39, 0.29) is 29.0 Å². The number of pyridine rings is 1. The van der Waals surface area contributed by atoms with Gasteiger partial charge in [0.2, 0.25) is 0 Å². The topological polar surface area (TPSA) is 94.2 Å². The van der Waals surface area contributed by atoms with Crippen molar-refractivity contribution in [3.05, 3.63) is 72.2 Å². The molecular weight excluding hydrogens is 584 g/mol. The van der Waals surface area contributed by atoms with Crippen LogP contribution < -0.4 is 29.6 Å². The van der Waals surface area contributed by atoms with E-state index in [1.165, 1.54) is 44.7 Å². The molecule has 2 heterocycles. The lowest BCUT2D eigenvalue weighted by atomic mass is 10.1. The number of fused-ring (bicyclic) bond motifs is 1. The number of nitrogens with one attached hydrogen (secondary N) is 2. The Hall–Kier alpha value is -4.78. The molecule has 0 aliphatic carbocycles. The number of hydrogen-bond donors (Lipinski definition) is 2. The largest absolute Gasteiger partial charge is 0.493 e. The molecule has 0 atom stereocenters. The number of piperidine rings is 1. The molecule has 0 radical (unpaired) electrons. The van der Waals surface area contributed by atoms with Gasteiger partial charge >= 0.3 is 12.2 Å². The highest BCUT2D eigenvalue weighted by atomic mass is 19.4. The van der Waals surface area contributed by atoms with E-state index >= 15 is 0 Å². The fourth-order valence-corrected chi connectivity index (χ4v) is 4.82. The van der Waals surface area contributed by atoms with Crippen LogP contribution in [0.25, 0.3) is 10.9 Å². The second kappa shape index (κ2) is 12.8. The van der Waals surface area contributed by atoms with E-state index in [0.29, 0.717) is 41.0 Å². The second-order valence-electron chi connectivity index (χ2n) is 10.2. The van der Waals surface area contributed by atoms with E-state index in [1.54, 1.807) is 18.2 Å². The number of likely N-dealkylation sites (tertiary alicyclic amines) is 1. The highest BCUT2D eigenvalue weighted by molar-refractivity contribution is 6.00. The van der Waals surface area contributed by atoms with Crippen molar-refractivity contribution in [1.82, 2.24) is 9.88 Å². The standard InChI is InChI=1S/C31H30F4N4O5/c1-39-12-9-19(10-13-39)43-27-7-4-18(14-22(27)31(33,34)35)37-30(40)38-24-6-5-20(15-23(24)32)44-26-8-11-36-25-17-29(42-3)28(41-2)16-21(25)26/h4-8,11,14-17,19H,9-10,12-13H2,1-3H3,(H2,37,38,40). The van der Waals surface area contributed by atoms with Crippen molar-refractivity contribution >= 4 is 28.3 Å². The Morgan fingerprint density at radius 3 is 2.32 bits per heavy atom. The molecule has 2 N–H and O–H groups in total. The Morgan fingerprint density at radius 1 is 0.909 bits per heavy atom. The van der Waals surface area contributed by atoms with Crippen LogP contribution in [0, 0.1) is 5.82 Å². The number of carbonyl (C=O) groups is 1. The number of methoxy groups -OCH3 is 2. The summed E-state index contributed by atoms with van der Waals surface area (Å²) in [5.74, 6) is 0.308. The predicted octanol–water partition coefficient (Wildman–Crippen LogP) is 7.32. The molecule has 3 aromatic carbocycles. The van der Waals surface area contributed by atoms with E-state index in [9.17, 15) is 22.4 Å². The highest BCUT2D eigenvalue weighted by Crippen LogP contribution is 2.40. The van der Waals surface area contributed by atoms with Gasteiger partial charge in [0.1, 0.15) is 29.2 Å². The van der Waals surface area contributed by atoms with Crippen LogP contribution in [0.15, 0.2) is 60.8 Å². The van der Waals surface area contributed by atoms with Gasteiger partial charge in [-0.15, -0.1) is 0 Å². The van der Waals surface area contributed by atoms with Crippen LogP contribution in [0.2, 0.25) is 0 Å². The molecular formula is C31H30F4N4O5. The number of urea groups is 1. The van der Waals surface area contributed by atoms with Crippen molar-refractivity contribution in [1.29, 1.82) is 0 Å². The van der Waals surface area contributed by atoms with Crippen LogP contribution in [-0.4, -0.2) is 56.4 Å². The van der Waals surface area contributed by atoms with Crippen molar-refractivity contribution in [3.63, 3.8) is 0 Å². The fraction of sp³-hybridized carbons (Fsp3) is 0.290. The van der Waals surface area contributed by atoms with Crippen LogP contribution >= 0.6 is 0 Å². The number of nitrogens with zero attached hydrogens (tertiary/aromatic N) is 2. The molecule has 0 spiro atoms. The SMILES string of the molecule is COc1cc2nccc(Oc3ccc(NC(=O)Nc4ccc(OC5CCN(C)CC5)c(C(F)(F)F)c4)c(F)c3)c2cc1OC. The van der Waals surface area contributed by atoms with Crippen LogP contribution in [0.5, 0.6) is 28.7 Å². The minimum Gasteiger partial charge on any atom is -0.493 e. The number of halogens is 4. The van der Waals surface area contributed by atoms with Crippen molar-refractivity contribution in [3.8, 4) is 28.7 Å².